The molecule has 82 valence electrons. The first-order chi connectivity index (χ1) is 7.72. The van der Waals surface area contributed by atoms with Gasteiger partial charge in [0.2, 0.25) is 0 Å². The number of aromatic nitrogens is 1. The zero-order valence-electron chi connectivity index (χ0n) is 8.66. The van der Waals surface area contributed by atoms with Gasteiger partial charge in [0.15, 0.2) is 0 Å². The van der Waals surface area contributed by atoms with Crippen LogP contribution >= 0.6 is 11.6 Å². The van der Waals surface area contributed by atoms with Crippen molar-refractivity contribution in [1.29, 1.82) is 0 Å². The van der Waals surface area contributed by atoms with Crippen molar-refractivity contribution in [3.05, 3.63) is 51.9 Å². The van der Waals surface area contributed by atoms with Crippen molar-refractivity contribution in [3.63, 3.8) is 0 Å². The molecule has 1 N–H and O–H groups in total. The molecule has 0 atom stereocenters. The minimum Gasteiger partial charge on any atom is -0.495 e. The lowest BCUT2D eigenvalue weighted by molar-refractivity contribution is 0.415. The van der Waals surface area contributed by atoms with Crippen molar-refractivity contribution < 1.29 is 4.74 Å². The maximum Gasteiger partial charge on any atom is 0.255 e. The summed E-state index contributed by atoms with van der Waals surface area (Å²) in [6.07, 6.45) is 1.59. The number of pyridine rings is 1. The second-order valence-corrected chi connectivity index (χ2v) is 3.67. The first-order valence-electron chi connectivity index (χ1n) is 4.74. The van der Waals surface area contributed by atoms with Gasteiger partial charge < -0.3 is 9.72 Å². The van der Waals surface area contributed by atoms with Crippen molar-refractivity contribution in [2.75, 3.05) is 7.11 Å². The van der Waals surface area contributed by atoms with Crippen LogP contribution in [0.5, 0.6) is 5.75 Å². The van der Waals surface area contributed by atoms with Gasteiger partial charge >= 0.3 is 0 Å². The topological polar surface area (TPSA) is 42.1 Å². The lowest BCUT2D eigenvalue weighted by Gasteiger charge is -2.05. The maximum absolute atomic E-state index is 11.6. The van der Waals surface area contributed by atoms with Gasteiger partial charge in [0.1, 0.15) is 5.75 Å². The van der Waals surface area contributed by atoms with Gasteiger partial charge in [-0.1, -0.05) is 17.7 Å². The monoisotopic (exact) mass is 235 g/mol. The molecule has 0 aliphatic rings. The first-order valence-corrected chi connectivity index (χ1v) is 5.12. The molecule has 0 spiro atoms. The minimum atomic E-state index is -0.135. The van der Waals surface area contributed by atoms with Crippen LogP contribution in [0, 0.1) is 0 Å². The third-order valence-electron chi connectivity index (χ3n) is 2.28. The van der Waals surface area contributed by atoms with Gasteiger partial charge in [0, 0.05) is 11.8 Å². The summed E-state index contributed by atoms with van der Waals surface area (Å²) < 4.78 is 5.05. The summed E-state index contributed by atoms with van der Waals surface area (Å²) in [7, 11) is 1.55. The average Bonchev–Trinajstić information content (AvgIpc) is 2.29. The largest absolute Gasteiger partial charge is 0.495 e. The second-order valence-electron chi connectivity index (χ2n) is 3.26. The molecule has 0 fully saturated rings. The third kappa shape index (κ3) is 1.95. The number of ether oxygens (including phenoxy) is 1. The van der Waals surface area contributed by atoms with Crippen LogP contribution in [0.1, 0.15) is 0 Å². The van der Waals surface area contributed by atoms with Gasteiger partial charge in [-0.2, -0.15) is 0 Å². The standard InChI is InChI=1S/C12H10ClNO2/c1-16-11-5-4-8(7-10(11)13)9-3-2-6-14-12(9)15/h2-7H,1H3,(H,14,15). The number of halogens is 1. The third-order valence-corrected chi connectivity index (χ3v) is 2.58. The Balaban J connectivity index is 2.54. The fourth-order valence-corrected chi connectivity index (χ4v) is 1.74. The van der Waals surface area contributed by atoms with Crippen molar-refractivity contribution in [2.45, 2.75) is 0 Å². The number of methoxy groups -OCH3 is 1. The highest BCUT2D eigenvalue weighted by atomic mass is 35.5. The molecule has 1 aromatic heterocycles. The predicted molar refractivity (Wildman–Crippen MR) is 64.1 cm³/mol. The summed E-state index contributed by atoms with van der Waals surface area (Å²) in [5.41, 5.74) is 1.23. The normalized spacial score (nSPS) is 10.1. The van der Waals surface area contributed by atoms with Crippen molar-refractivity contribution >= 4 is 11.6 Å². The molecule has 0 aliphatic heterocycles. The summed E-state index contributed by atoms with van der Waals surface area (Å²) >= 11 is 5.99. The average molecular weight is 236 g/mol. The van der Waals surface area contributed by atoms with Crippen LogP contribution < -0.4 is 10.3 Å². The van der Waals surface area contributed by atoms with E-state index in [1.54, 1.807) is 43.6 Å². The van der Waals surface area contributed by atoms with Gasteiger partial charge in [-0.25, -0.2) is 0 Å². The molecule has 0 bridgehead atoms. The van der Waals surface area contributed by atoms with Gasteiger partial charge in [-0.15, -0.1) is 0 Å². The van der Waals surface area contributed by atoms with E-state index >= 15 is 0 Å². The van der Waals surface area contributed by atoms with E-state index in [4.69, 9.17) is 16.3 Å². The van der Waals surface area contributed by atoms with E-state index in [2.05, 4.69) is 4.98 Å². The Hall–Kier alpha value is -1.74. The van der Waals surface area contributed by atoms with Crippen molar-refractivity contribution in [3.8, 4) is 16.9 Å². The summed E-state index contributed by atoms with van der Waals surface area (Å²) in [4.78, 5) is 14.2. The van der Waals surface area contributed by atoms with Gasteiger partial charge in [0.05, 0.1) is 12.1 Å². The molecule has 0 radical (unpaired) electrons. The van der Waals surface area contributed by atoms with E-state index in [9.17, 15) is 4.79 Å². The lowest BCUT2D eigenvalue weighted by Crippen LogP contribution is -2.06. The number of H-pyrrole nitrogens is 1. The van der Waals surface area contributed by atoms with Gasteiger partial charge in [-0.3, -0.25) is 4.79 Å². The fourth-order valence-electron chi connectivity index (χ4n) is 1.48. The lowest BCUT2D eigenvalue weighted by atomic mass is 10.1. The Morgan fingerprint density at radius 3 is 2.75 bits per heavy atom. The smallest absolute Gasteiger partial charge is 0.255 e. The highest BCUT2D eigenvalue weighted by Crippen LogP contribution is 2.28. The van der Waals surface area contributed by atoms with Crippen LogP contribution in [-0.4, -0.2) is 12.1 Å². The molecule has 2 aromatic rings. The summed E-state index contributed by atoms with van der Waals surface area (Å²) in [6.45, 7) is 0. The predicted octanol–water partition coefficient (Wildman–Crippen LogP) is 2.70. The summed E-state index contributed by atoms with van der Waals surface area (Å²) in [6, 6.07) is 8.77. The number of hydrogen-bond acceptors (Lipinski definition) is 2. The number of benzene rings is 1. The zero-order valence-corrected chi connectivity index (χ0v) is 9.41. The van der Waals surface area contributed by atoms with E-state index in [0.29, 0.717) is 16.3 Å². The molecular formula is C12H10ClNO2. The molecule has 0 amide bonds. The molecule has 0 saturated carbocycles. The molecule has 2 rings (SSSR count). The molecular weight excluding hydrogens is 226 g/mol. The number of rotatable bonds is 2. The molecule has 0 saturated heterocycles. The van der Waals surface area contributed by atoms with Crippen LogP contribution in [0.15, 0.2) is 41.3 Å². The van der Waals surface area contributed by atoms with E-state index < -0.39 is 0 Å². The number of aromatic amines is 1. The quantitative estimate of drug-likeness (QED) is 0.870. The Bertz CT molecular complexity index is 563. The Morgan fingerprint density at radius 2 is 2.12 bits per heavy atom. The van der Waals surface area contributed by atoms with Crippen molar-refractivity contribution in [1.82, 2.24) is 4.98 Å². The zero-order chi connectivity index (χ0) is 11.5. The Kier molecular flexibility index (Phi) is 2.97. The van der Waals surface area contributed by atoms with E-state index in [1.165, 1.54) is 0 Å². The maximum atomic E-state index is 11.6. The molecule has 1 heterocycles. The van der Waals surface area contributed by atoms with E-state index in [0.717, 1.165) is 5.56 Å². The Labute approximate surface area is 97.7 Å². The van der Waals surface area contributed by atoms with Crippen LogP contribution in [0.4, 0.5) is 0 Å². The van der Waals surface area contributed by atoms with Crippen LogP contribution in [0.3, 0.4) is 0 Å². The summed E-state index contributed by atoms with van der Waals surface area (Å²) in [5, 5.41) is 0.489. The van der Waals surface area contributed by atoms with Gasteiger partial charge in [-0.05, 0) is 29.8 Å². The molecule has 1 aromatic carbocycles. The fraction of sp³-hybridized carbons (Fsp3) is 0.0833. The first kappa shape index (κ1) is 10.8. The van der Waals surface area contributed by atoms with E-state index in [-0.39, 0.29) is 5.56 Å². The van der Waals surface area contributed by atoms with Gasteiger partial charge in [0.25, 0.3) is 5.56 Å². The molecule has 0 unspecified atom stereocenters. The SMILES string of the molecule is COc1ccc(-c2ccc[nH]c2=O)cc1Cl. The molecule has 0 aliphatic carbocycles. The van der Waals surface area contributed by atoms with Crippen LogP contribution in [-0.2, 0) is 0 Å². The van der Waals surface area contributed by atoms with Crippen LogP contribution in [0.25, 0.3) is 11.1 Å². The number of hydrogen-bond donors (Lipinski definition) is 1. The Morgan fingerprint density at radius 1 is 1.31 bits per heavy atom. The summed E-state index contributed by atoms with van der Waals surface area (Å²) in [5.74, 6) is 0.595. The minimum absolute atomic E-state index is 0.135. The number of nitrogens with one attached hydrogen (secondary N) is 1. The second kappa shape index (κ2) is 4.41. The molecule has 16 heavy (non-hydrogen) atoms. The van der Waals surface area contributed by atoms with Crippen molar-refractivity contribution in [2.24, 2.45) is 0 Å². The van der Waals surface area contributed by atoms with Crippen LogP contribution in [0.2, 0.25) is 5.02 Å². The highest BCUT2D eigenvalue weighted by Gasteiger charge is 2.06. The molecule has 3 nitrogen and oxygen atoms in total. The molecule has 4 heteroatoms. The van der Waals surface area contributed by atoms with E-state index in [1.807, 2.05) is 0 Å². The highest BCUT2D eigenvalue weighted by molar-refractivity contribution is 6.32.